The third kappa shape index (κ3) is 11.6. The van der Waals surface area contributed by atoms with E-state index in [1.54, 1.807) is 12.1 Å². The highest BCUT2D eigenvalue weighted by Gasteiger charge is 2.15. The molecule has 0 aliphatic heterocycles. The van der Waals surface area contributed by atoms with Crippen molar-refractivity contribution in [3.8, 4) is 0 Å². The van der Waals surface area contributed by atoms with E-state index < -0.39 is 7.60 Å². The molecule has 0 unspecified atom stereocenters. The maximum Gasteiger partial charge on any atom is 0.356 e. The highest BCUT2D eigenvalue weighted by molar-refractivity contribution is 7.60. The topological polar surface area (TPSA) is 57.5 Å². The fraction of sp³-hybridized carbons (Fsp3) is 0.714. The Bertz CT molecular complexity index is 478. The number of hydrogen-bond acceptors (Lipinski definition) is 1. The summed E-state index contributed by atoms with van der Waals surface area (Å²) < 4.78 is 11.1. The van der Waals surface area contributed by atoms with E-state index in [1.807, 2.05) is 12.1 Å². The molecule has 0 amide bonds. The quantitative estimate of drug-likeness (QED) is 0.289. The van der Waals surface area contributed by atoms with E-state index in [-0.39, 0.29) is 5.30 Å². The summed E-state index contributed by atoms with van der Waals surface area (Å²) in [6, 6.07) is 6.79. The molecular weight excluding hydrogens is 331 g/mol. The fourth-order valence-electron chi connectivity index (χ4n) is 3.20. The van der Waals surface area contributed by atoms with Gasteiger partial charge in [0.1, 0.15) is 0 Å². The van der Waals surface area contributed by atoms with E-state index in [4.69, 9.17) is 9.79 Å². The molecular formula is C21H37O3P. The summed E-state index contributed by atoms with van der Waals surface area (Å²) in [6.45, 7) is 2.27. The minimum absolute atomic E-state index is 0.113. The Labute approximate surface area is 154 Å². The molecule has 0 aliphatic rings. The van der Waals surface area contributed by atoms with Crippen LogP contribution < -0.4 is 5.30 Å². The molecule has 2 N–H and O–H groups in total. The van der Waals surface area contributed by atoms with Gasteiger partial charge in [-0.15, -0.1) is 0 Å². The van der Waals surface area contributed by atoms with Crippen LogP contribution in [0.3, 0.4) is 0 Å². The predicted octanol–water partition coefficient (Wildman–Crippen LogP) is 6.12. The summed E-state index contributed by atoms with van der Waals surface area (Å²) in [7, 11) is -4.10. The van der Waals surface area contributed by atoms with Gasteiger partial charge >= 0.3 is 7.60 Å². The first-order valence-corrected chi connectivity index (χ1v) is 11.8. The van der Waals surface area contributed by atoms with Gasteiger partial charge in [-0.25, -0.2) is 0 Å². The lowest BCUT2D eigenvalue weighted by molar-refractivity contribution is 0.387. The van der Waals surface area contributed by atoms with Crippen molar-refractivity contribution in [1.29, 1.82) is 0 Å². The molecule has 3 nitrogen and oxygen atoms in total. The molecule has 0 atom stereocenters. The molecule has 0 spiro atoms. The van der Waals surface area contributed by atoms with Crippen molar-refractivity contribution >= 4 is 12.9 Å². The average Bonchev–Trinajstić information content (AvgIpc) is 2.58. The van der Waals surface area contributed by atoms with Crippen molar-refractivity contribution in [2.75, 3.05) is 0 Å². The van der Waals surface area contributed by atoms with Crippen LogP contribution in [0, 0.1) is 0 Å². The zero-order chi connectivity index (χ0) is 18.4. The van der Waals surface area contributed by atoms with Crippen molar-refractivity contribution in [2.45, 2.75) is 96.8 Å². The summed E-state index contributed by atoms with van der Waals surface area (Å²) >= 11 is 0. The van der Waals surface area contributed by atoms with E-state index in [0.29, 0.717) is 0 Å². The average molecular weight is 368 g/mol. The molecule has 0 aliphatic carbocycles. The zero-order valence-electron chi connectivity index (χ0n) is 16.0. The van der Waals surface area contributed by atoms with Gasteiger partial charge in [0.05, 0.1) is 5.30 Å². The third-order valence-corrected chi connectivity index (χ3v) is 5.81. The van der Waals surface area contributed by atoms with Gasteiger partial charge in [-0.05, 0) is 30.5 Å². The van der Waals surface area contributed by atoms with Crippen LogP contribution in [0.25, 0.3) is 0 Å². The van der Waals surface area contributed by atoms with Crippen LogP contribution in [-0.4, -0.2) is 9.79 Å². The molecule has 0 bridgehead atoms. The molecule has 1 aromatic carbocycles. The van der Waals surface area contributed by atoms with Crippen LogP contribution >= 0.6 is 7.60 Å². The molecule has 0 saturated carbocycles. The SMILES string of the molecule is CCCCCCCCCCCCCCCc1ccc(P(=O)(O)O)cc1. The lowest BCUT2D eigenvalue weighted by Crippen LogP contribution is -2.03. The van der Waals surface area contributed by atoms with Gasteiger partial charge in [-0.2, -0.15) is 0 Å². The smallest absolute Gasteiger partial charge is 0.321 e. The highest BCUT2D eigenvalue weighted by atomic mass is 31.2. The minimum Gasteiger partial charge on any atom is -0.321 e. The molecule has 1 rings (SSSR count). The molecule has 144 valence electrons. The summed E-state index contributed by atoms with van der Waals surface area (Å²) in [6.07, 6.45) is 18.6. The second kappa shape index (κ2) is 13.6. The molecule has 0 saturated heterocycles. The summed E-state index contributed by atoms with van der Waals surface area (Å²) in [5.74, 6) is 0. The lowest BCUT2D eigenvalue weighted by atomic mass is 10.0. The van der Waals surface area contributed by atoms with Crippen LogP contribution in [-0.2, 0) is 11.0 Å². The van der Waals surface area contributed by atoms with E-state index in [9.17, 15) is 4.57 Å². The first-order chi connectivity index (χ1) is 12.0. The lowest BCUT2D eigenvalue weighted by Gasteiger charge is -2.06. The molecule has 25 heavy (non-hydrogen) atoms. The second-order valence-electron chi connectivity index (χ2n) is 7.20. The summed E-state index contributed by atoms with van der Waals surface area (Å²) in [5, 5.41) is 0.113. The largest absolute Gasteiger partial charge is 0.356 e. The Morgan fingerprint density at radius 2 is 1.08 bits per heavy atom. The number of rotatable bonds is 15. The van der Waals surface area contributed by atoms with E-state index in [1.165, 1.54) is 82.6 Å². The van der Waals surface area contributed by atoms with E-state index in [0.717, 1.165) is 12.8 Å². The van der Waals surface area contributed by atoms with Crippen molar-refractivity contribution in [1.82, 2.24) is 0 Å². The number of benzene rings is 1. The van der Waals surface area contributed by atoms with Crippen LogP contribution in [0.5, 0.6) is 0 Å². The maximum atomic E-state index is 11.1. The van der Waals surface area contributed by atoms with Crippen molar-refractivity contribution in [3.63, 3.8) is 0 Å². The van der Waals surface area contributed by atoms with Gasteiger partial charge < -0.3 is 9.79 Å². The molecule has 4 heteroatoms. The van der Waals surface area contributed by atoms with Crippen LogP contribution in [0.15, 0.2) is 24.3 Å². The standard InChI is InChI=1S/C21H37O3P/c1-2-3-4-5-6-7-8-9-10-11-12-13-14-15-20-16-18-21(19-17-20)25(22,23)24/h16-19H,2-15H2,1H3,(H2,22,23,24). The molecule has 0 radical (unpaired) electrons. The second-order valence-corrected chi connectivity index (χ2v) is 8.81. The van der Waals surface area contributed by atoms with Gasteiger partial charge in [0, 0.05) is 0 Å². The Balaban J connectivity index is 1.93. The zero-order valence-corrected chi connectivity index (χ0v) is 16.9. The van der Waals surface area contributed by atoms with Crippen LogP contribution in [0.4, 0.5) is 0 Å². The molecule has 0 aromatic heterocycles. The van der Waals surface area contributed by atoms with Crippen LogP contribution in [0.1, 0.15) is 96.0 Å². The Hall–Kier alpha value is -0.630. The van der Waals surface area contributed by atoms with E-state index >= 15 is 0 Å². The van der Waals surface area contributed by atoms with Crippen molar-refractivity contribution in [3.05, 3.63) is 29.8 Å². The normalized spacial score (nSPS) is 11.8. The van der Waals surface area contributed by atoms with Crippen molar-refractivity contribution in [2.24, 2.45) is 0 Å². The van der Waals surface area contributed by atoms with Crippen LogP contribution in [0.2, 0.25) is 0 Å². The molecule has 1 aromatic rings. The van der Waals surface area contributed by atoms with Gasteiger partial charge in [-0.3, -0.25) is 4.57 Å². The van der Waals surface area contributed by atoms with Gasteiger partial charge in [0.2, 0.25) is 0 Å². The fourth-order valence-corrected chi connectivity index (χ4v) is 3.74. The number of unbranched alkanes of at least 4 members (excludes halogenated alkanes) is 12. The number of aryl methyl sites for hydroxylation is 1. The monoisotopic (exact) mass is 368 g/mol. The first kappa shape index (κ1) is 22.4. The third-order valence-electron chi connectivity index (χ3n) is 4.84. The summed E-state index contributed by atoms with van der Waals surface area (Å²) in [5.41, 5.74) is 1.17. The summed E-state index contributed by atoms with van der Waals surface area (Å²) in [4.78, 5) is 18.2. The molecule has 0 fully saturated rings. The van der Waals surface area contributed by atoms with E-state index in [2.05, 4.69) is 6.92 Å². The maximum absolute atomic E-state index is 11.1. The minimum atomic E-state index is -4.10. The Morgan fingerprint density at radius 1 is 0.680 bits per heavy atom. The molecule has 0 heterocycles. The first-order valence-electron chi connectivity index (χ1n) is 10.2. The van der Waals surface area contributed by atoms with Gasteiger partial charge in [0.25, 0.3) is 0 Å². The Morgan fingerprint density at radius 3 is 1.48 bits per heavy atom. The van der Waals surface area contributed by atoms with Gasteiger partial charge in [-0.1, -0.05) is 96.1 Å². The highest BCUT2D eigenvalue weighted by Crippen LogP contribution is 2.32. The number of hydrogen-bond donors (Lipinski definition) is 2. The Kier molecular flexibility index (Phi) is 12.2. The van der Waals surface area contributed by atoms with Crippen molar-refractivity contribution < 1.29 is 14.4 Å². The predicted molar refractivity (Wildman–Crippen MR) is 108 cm³/mol. The van der Waals surface area contributed by atoms with Gasteiger partial charge in [0.15, 0.2) is 0 Å².